The van der Waals surface area contributed by atoms with Crippen molar-refractivity contribution < 1.29 is 14.6 Å². The van der Waals surface area contributed by atoms with Gasteiger partial charge < -0.3 is 14.6 Å². The van der Waals surface area contributed by atoms with Crippen LogP contribution in [-0.2, 0) is 6.54 Å². The predicted molar refractivity (Wildman–Crippen MR) is 90.3 cm³/mol. The van der Waals surface area contributed by atoms with Crippen LogP contribution in [0.15, 0.2) is 53.1 Å². The molecule has 0 bridgehead atoms. The number of furan rings is 1. The third-order valence-electron chi connectivity index (χ3n) is 3.94. The Hall–Kier alpha value is -2.57. The molecule has 0 saturated carbocycles. The van der Waals surface area contributed by atoms with Crippen molar-refractivity contribution in [1.29, 1.82) is 0 Å². The number of benzene rings is 1. The van der Waals surface area contributed by atoms with Gasteiger partial charge in [0.05, 0.1) is 12.6 Å². The molecule has 0 fully saturated rings. The van der Waals surface area contributed by atoms with E-state index in [-0.39, 0.29) is 5.75 Å². The number of aromatic amines is 1. The first kappa shape index (κ1) is 16.3. The monoisotopic (exact) mass is 327 g/mol. The number of hydrogen-bond acceptors (Lipinski definition) is 5. The van der Waals surface area contributed by atoms with E-state index < -0.39 is 6.10 Å². The summed E-state index contributed by atoms with van der Waals surface area (Å²) in [5, 5.41) is 26.7. The summed E-state index contributed by atoms with van der Waals surface area (Å²) >= 11 is 0. The molecule has 3 rings (SSSR count). The Morgan fingerprint density at radius 2 is 2.12 bits per heavy atom. The number of nitrogens with one attached hydrogen (secondary N) is 1. The smallest absolute Gasteiger partial charge is 0.152 e. The molecule has 1 aromatic carbocycles. The number of hydrogen-bond donors (Lipinski definition) is 3. The zero-order valence-electron chi connectivity index (χ0n) is 13.5. The molecule has 0 aliphatic carbocycles. The molecule has 2 heterocycles. The first-order valence-electron chi connectivity index (χ1n) is 7.93. The second-order valence-electron chi connectivity index (χ2n) is 5.67. The lowest BCUT2D eigenvalue weighted by molar-refractivity contribution is 0.108. The van der Waals surface area contributed by atoms with Crippen molar-refractivity contribution in [2.45, 2.75) is 19.6 Å². The lowest BCUT2D eigenvalue weighted by atomic mass is 10.1. The molecule has 126 valence electrons. The van der Waals surface area contributed by atoms with Gasteiger partial charge in [-0.2, -0.15) is 5.10 Å². The van der Waals surface area contributed by atoms with Crippen molar-refractivity contribution in [3.05, 3.63) is 60.0 Å². The molecule has 3 aromatic rings. The van der Waals surface area contributed by atoms with E-state index >= 15 is 0 Å². The summed E-state index contributed by atoms with van der Waals surface area (Å²) < 4.78 is 5.83. The lowest BCUT2D eigenvalue weighted by Crippen LogP contribution is -2.28. The number of H-pyrrole nitrogens is 1. The SMILES string of the molecule is CCN(Cc1ccc(-c2ccn[nH]2)o1)C[C@H](O)c1cccc(O)c1. The minimum atomic E-state index is -0.668. The fraction of sp³-hybridized carbons (Fsp3) is 0.278. The average molecular weight is 327 g/mol. The molecule has 6 nitrogen and oxygen atoms in total. The summed E-state index contributed by atoms with van der Waals surface area (Å²) in [7, 11) is 0. The van der Waals surface area contributed by atoms with Crippen LogP contribution in [0.1, 0.15) is 24.4 Å². The molecule has 2 aromatic heterocycles. The average Bonchev–Trinajstić information content (AvgIpc) is 3.25. The topological polar surface area (TPSA) is 85.5 Å². The Balaban J connectivity index is 1.64. The molecule has 24 heavy (non-hydrogen) atoms. The normalized spacial score (nSPS) is 12.6. The minimum Gasteiger partial charge on any atom is -0.508 e. The molecule has 6 heteroatoms. The van der Waals surface area contributed by atoms with Crippen LogP contribution in [0, 0.1) is 0 Å². The number of rotatable bonds is 7. The van der Waals surface area contributed by atoms with Crippen LogP contribution >= 0.6 is 0 Å². The van der Waals surface area contributed by atoms with E-state index in [0.717, 1.165) is 23.8 Å². The number of phenolic OH excluding ortho intramolecular Hbond substituents is 1. The summed E-state index contributed by atoms with van der Waals surface area (Å²) in [6.07, 6.45) is 1.01. The third-order valence-corrected chi connectivity index (χ3v) is 3.94. The Labute approximate surface area is 140 Å². The maximum atomic E-state index is 10.4. The number of aromatic nitrogens is 2. The zero-order chi connectivity index (χ0) is 16.9. The molecule has 0 spiro atoms. The highest BCUT2D eigenvalue weighted by Gasteiger charge is 2.15. The van der Waals surface area contributed by atoms with Crippen LogP contribution in [-0.4, -0.2) is 38.4 Å². The highest BCUT2D eigenvalue weighted by molar-refractivity contribution is 5.51. The summed E-state index contributed by atoms with van der Waals surface area (Å²) in [6.45, 7) is 3.87. The summed E-state index contributed by atoms with van der Waals surface area (Å²) in [6, 6.07) is 12.4. The summed E-state index contributed by atoms with van der Waals surface area (Å²) in [5.74, 6) is 1.72. The molecule has 0 saturated heterocycles. The lowest BCUT2D eigenvalue weighted by Gasteiger charge is -2.23. The summed E-state index contributed by atoms with van der Waals surface area (Å²) in [4.78, 5) is 2.09. The zero-order valence-corrected chi connectivity index (χ0v) is 13.5. The summed E-state index contributed by atoms with van der Waals surface area (Å²) in [5.41, 5.74) is 1.54. The van der Waals surface area contributed by atoms with E-state index in [1.807, 2.05) is 31.2 Å². The van der Waals surface area contributed by atoms with Crippen LogP contribution < -0.4 is 0 Å². The first-order valence-corrected chi connectivity index (χ1v) is 7.93. The van der Waals surface area contributed by atoms with Crippen LogP contribution in [0.25, 0.3) is 11.5 Å². The standard InChI is InChI=1S/C18H21N3O3/c1-2-21(12-17(23)13-4-3-5-14(22)10-13)11-15-6-7-18(24-15)16-8-9-19-20-16/h3-10,17,22-23H,2,11-12H2,1H3,(H,19,20)/t17-/m0/s1. The van der Waals surface area contributed by atoms with E-state index in [1.54, 1.807) is 24.4 Å². The number of phenols is 1. The Bertz CT molecular complexity index is 767. The van der Waals surface area contributed by atoms with Gasteiger partial charge in [-0.1, -0.05) is 19.1 Å². The first-order chi connectivity index (χ1) is 11.7. The quantitative estimate of drug-likeness (QED) is 0.621. The van der Waals surface area contributed by atoms with Gasteiger partial charge in [-0.3, -0.25) is 10.00 Å². The van der Waals surface area contributed by atoms with Crippen molar-refractivity contribution in [1.82, 2.24) is 15.1 Å². The molecule has 0 amide bonds. The molecule has 1 atom stereocenters. The van der Waals surface area contributed by atoms with Crippen molar-refractivity contribution in [2.24, 2.45) is 0 Å². The fourth-order valence-electron chi connectivity index (χ4n) is 2.61. The van der Waals surface area contributed by atoms with Gasteiger partial charge in [0.15, 0.2) is 5.76 Å². The molecule has 0 radical (unpaired) electrons. The third kappa shape index (κ3) is 3.84. The largest absolute Gasteiger partial charge is 0.508 e. The number of aliphatic hydroxyl groups is 1. The van der Waals surface area contributed by atoms with Gasteiger partial charge in [-0.25, -0.2) is 0 Å². The van der Waals surface area contributed by atoms with E-state index in [0.29, 0.717) is 18.7 Å². The molecule has 0 aliphatic rings. The Kier molecular flexibility index (Phi) is 4.98. The maximum Gasteiger partial charge on any atom is 0.152 e. The van der Waals surface area contributed by atoms with Gasteiger partial charge in [-0.15, -0.1) is 0 Å². The number of aromatic hydroxyl groups is 1. The minimum absolute atomic E-state index is 0.157. The van der Waals surface area contributed by atoms with Crippen molar-refractivity contribution >= 4 is 0 Å². The van der Waals surface area contributed by atoms with Crippen LogP contribution in [0.4, 0.5) is 0 Å². The Morgan fingerprint density at radius 3 is 2.83 bits per heavy atom. The van der Waals surface area contributed by atoms with E-state index in [9.17, 15) is 10.2 Å². The number of nitrogens with zero attached hydrogens (tertiary/aromatic N) is 2. The highest BCUT2D eigenvalue weighted by atomic mass is 16.3. The second-order valence-corrected chi connectivity index (χ2v) is 5.67. The van der Waals surface area contributed by atoms with E-state index in [1.165, 1.54) is 0 Å². The van der Waals surface area contributed by atoms with Gasteiger partial charge in [0.2, 0.25) is 0 Å². The van der Waals surface area contributed by atoms with Crippen molar-refractivity contribution in [2.75, 3.05) is 13.1 Å². The predicted octanol–water partition coefficient (Wildman–Crippen LogP) is 2.93. The van der Waals surface area contributed by atoms with Gasteiger partial charge in [0.1, 0.15) is 17.2 Å². The maximum absolute atomic E-state index is 10.4. The van der Waals surface area contributed by atoms with Crippen molar-refractivity contribution in [3.8, 4) is 17.2 Å². The second kappa shape index (κ2) is 7.33. The molecular formula is C18H21N3O3. The molecule has 0 unspecified atom stereocenters. The van der Waals surface area contributed by atoms with Gasteiger partial charge in [-0.05, 0) is 42.4 Å². The molecule has 3 N–H and O–H groups in total. The number of aliphatic hydroxyl groups excluding tert-OH is 1. The highest BCUT2D eigenvalue weighted by Crippen LogP contribution is 2.22. The Morgan fingerprint density at radius 1 is 1.25 bits per heavy atom. The van der Waals surface area contributed by atoms with E-state index in [4.69, 9.17) is 4.42 Å². The van der Waals surface area contributed by atoms with Crippen LogP contribution in [0.2, 0.25) is 0 Å². The fourth-order valence-corrected chi connectivity index (χ4v) is 2.61. The molecule has 0 aliphatic heterocycles. The van der Waals surface area contributed by atoms with E-state index in [2.05, 4.69) is 15.1 Å². The van der Waals surface area contributed by atoms with Gasteiger partial charge in [0, 0.05) is 12.7 Å². The van der Waals surface area contributed by atoms with Crippen LogP contribution in [0.3, 0.4) is 0 Å². The van der Waals surface area contributed by atoms with Crippen LogP contribution in [0.5, 0.6) is 5.75 Å². The van der Waals surface area contributed by atoms with Crippen molar-refractivity contribution in [3.63, 3.8) is 0 Å². The number of likely N-dealkylation sites (N-methyl/N-ethyl adjacent to an activating group) is 1. The van der Waals surface area contributed by atoms with Gasteiger partial charge in [0.25, 0.3) is 0 Å². The van der Waals surface area contributed by atoms with Gasteiger partial charge >= 0.3 is 0 Å². The molecular weight excluding hydrogens is 306 g/mol.